The first kappa shape index (κ1) is 24.6. The smallest absolute Gasteiger partial charge is 0.409 e. The lowest BCUT2D eigenvalue weighted by Gasteiger charge is -2.34. The number of ether oxygens (including phenoxy) is 1. The van der Waals surface area contributed by atoms with Gasteiger partial charge in [0.15, 0.2) is 0 Å². The molecule has 8 nitrogen and oxygen atoms in total. The Kier molecular flexibility index (Phi) is 7.99. The summed E-state index contributed by atoms with van der Waals surface area (Å²) in [5.41, 5.74) is 0.696. The van der Waals surface area contributed by atoms with E-state index >= 15 is 0 Å². The van der Waals surface area contributed by atoms with Crippen LogP contribution in [-0.2, 0) is 14.8 Å². The molecule has 1 heterocycles. The second-order valence-corrected chi connectivity index (χ2v) is 9.61. The summed E-state index contributed by atoms with van der Waals surface area (Å²) in [7, 11) is -3.96. The minimum absolute atomic E-state index is 0.00434. The van der Waals surface area contributed by atoms with Crippen LogP contribution in [0.1, 0.15) is 17.3 Å². The number of carbonyl (C=O) groups excluding carboxylic acids is 2. The van der Waals surface area contributed by atoms with Crippen LogP contribution in [0.15, 0.2) is 66.1 Å². The lowest BCUT2D eigenvalue weighted by Crippen LogP contribution is -2.50. The first-order valence-corrected chi connectivity index (χ1v) is 12.3. The van der Waals surface area contributed by atoms with Crippen molar-refractivity contribution in [2.45, 2.75) is 11.8 Å². The number of nitrogens with zero attached hydrogens (tertiary/aromatic N) is 3. The molecule has 0 N–H and O–H groups in total. The predicted octanol–water partition coefficient (Wildman–Crippen LogP) is 3.64. The molecule has 0 aromatic heterocycles. The molecular weight excluding hydrogens is 466 g/mol. The van der Waals surface area contributed by atoms with Crippen molar-refractivity contribution >= 4 is 39.3 Å². The van der Waals surface area contributed by atoms with Crippen molar-refractivity contribution in [3.63, 3.8) is 0 Å². The molecular formula is C23H26ClN3O5S. The summed E-state index contributed by atoms with van der Waals surface area (Å²) in [5, 5.41) is 0.491. The molecule has 1 aliphatic heterocycles. The summed E-state index contributed by atoms with van der Waals surface area (Å²) in [6.07, 6.45) is 1.09. The van der Waals surface area contributed by atoms with Gasteiger partial charge >= 0.3 is 6.09 Å². The number of hydrogen-bond donors (Lipinski definition) is 0. The van der Waals surface area contributed by atoms with Gasteiger partial charge < -0.3 is 14.5 Å². The monoisotopic (exact) mass is 491 g/mol. The molecule has 0 atom stereocenters. The van der Waals surface area contributed by atoms with E-state index in [4.69, 9.17) is 16.3 Å². The maximum Gasteiger partial charge on any atom is 0.409 e. The number of piperazine rings is 1. The van der Waals surface area contributed by atoms with E-state index in [0.29, 0.717) is 36.9 Å². The molecule has 0 bridgehead atoms. The zero-order valence-electron chi connectivity index (χ0n) is 18.3. The van der Waals surface area contributed by atoms with Crippen LogP contribution in [0.3, 0.4) is 0 Å². The van der Waals surface area contributed by atoms with Crippen LogP contribution in [0.2, 0.25) is 5.02 Å². The van der Waals surface area contributed by atoms with Crippen molar-refractivity contribution in [2.75, 3.05) is 43.6 Å². The first-order valence-electron chi connectivity index (χ1n) is 10.5. The van der Waals surface area contributed by atoms with Gasteiger partial charge in [-0.25, -0.2) is 13.2 Å². The van der Waals surface area contributed by atoms with E-state index in [1.54, 1.807) is 53.1 Å². The van der Waals surface area contributed by atoms with Gasteiger partial charge in [-0.2, -0.15) is 0 Å². The molecule has 0 unspecified atom stereocenters. The summed E-state index contributed by atoms with van der Waals surface area (Å²) in [6.45, 7) is 7.12. The van der Waals surface area contributed by atoms with E-state index in [0.717, 1.165) is 0 Å². The quantitative estimate of drug-likeness (QED) is 0.552. The molecule has 176 valence electrons. The molecule has 2 amide bonds. The molecule has 3 rings (SSSR count). The molecule has 0 saturated carbocycles. The van der Waals surface area contributed by atoms with Crippen LogP contribution in [0, 0.1) is 0 Å². The predicted molar refractivity (Wildman–Crippen MR) is 127 cm³/mol. The Morgan fingerprint density at radius 3 is 2.33 bits per heavy atom. The Morgan fingerprint density at radius 2 is 1.73 bits per heavy atom. The van der Waals surface area contributed by atoms with Gasteiger partial charge in [0.05, 0.1) is 23.7 Å². The Bertz CT molecular complexity index is 1110. The molecule has 10 heteroatoms. The van der Waals surface area contributed by atoms with Crippen LogP contribution in [0.25, 0.3) is 0 Å². The molecule has 1 aliphatic rings. The van der Waals surface area contributed by atoms with Crippen LogP contribution in [0.5, 0.6) is 0 Å². The summed E-state index contributed by atoms with van der Waals surface area (Å²) in [4.78, 5) is 28.0. The van der Waals surface area contributed by atoms with Gasteiger partial charge in [0.1, 0.15) is 0 Å². The van der Waals surface area contributed by atoms with Gasteiger partial charge in [-0.1, -0.05) is 23.7 Å². The van der Waals surface area contributed by atoms with E-state index in [-0.39, 0.29) is 29.5 Å². The minimum Gasteiger partial charge on any atom is -0.450 e. The van der Waals surface area contributed by atoms with Crippen molar-refractivity contribution in [3.05, 3.63) is 71.8 Å². The van der Waals surface area contributed by atoms with E-state index in [1.165, 1.54) is 22.5 Å². The van der Waals surface area contributed by atoms with Gasteiger partial charge in [-0.05, 0) is 49.4 Å². The molecule has 33 heavy (non-hydrogen) atoms. The second kappa shape index (κ2) is 10.7. The fraction of sp³-hybridized carbons (Fsp3) is 0.304. The highest BCUT2D eigenvalue weighted by Gasteiger charge is 2.28. The highest BCUT2D eigenvalue weighted by molar-refractivity contribution is 7.92. The average molecular weight is 492 g/mol. The molecule has 2 aromatic rings. The molecule has 0 radical (unpaired) electrons. The highest BCUT2D eigenvalue weighted by atomic mass is 35.5. The fourth-order valence-electron chi connectivity index (χ4n) is 3.47. The highest BCUT2D eigenvalue weighted by Crippen LogP contribution is 2.26. The Hall–Kier alpha value is -3.04. The minimum atomic E-state index is -3.96. The van der Waals surface area contributed by atoms with Crippen molar-refractivity contribution < 1.29 is 22.7 Å². The molecule has 1 saturated heterocycles. The molecule has 2 aromatic carbocycles. The number of hydrogen-bond acceptors (Lipinski definition) is 5. The van der Waals surface area contributed by atoms with Crippen LogP contribution in [-0.4, -0.2) is 69.5 Å². The summed E-state index contributed by atoms with van der Waals surface area (Å²) < 4.78 is 33.0. The first-order chi connectivity index (χ1) is 15.8. The normalized spacial score (nSPS) is 14.0. The summed E-state index contributed by atoms with van der Waals surface area (Å²) >= 11 is 5.94. The van der Waals surface area contributed by atoms with Crippen molar-refractivity contribution in [2.24, 2.45) is 0 Å². The number of halogens is 1. The van der Waals surface area contributed by atoms with Crippen LogP contribution >= 0.6 is 11.6 Å². The fourth-order valence-corrected chi connectivity index (χ4v) is 5.08. The van der Waals surface area contributed by atoms with Gasteiger partial charge in [-0.3, -0.25) is 9.10 Å². The second-order valence-electron chi connectivity index (χ2n) is 7.31. The third-order valence-corrected chi connectivity index (χ3v) is 7.21. The number of sulfonamides is 1. The topological polar surface area (TPSA) is 87.2 Å². The van der Waals surface area contributed by atoms with Gasteiger partial charge in [0, 0.05) is 36.8 Å². The maximum absolute atomic E-state index is 13.4. The Morgan fingerprint density at radius 1 is 1.09 bits per heavy atom. The van der Waals surface area contributed by atoms with Crippen LogP contribution in [0.4, 0.5) is 10.5 Å². The van der Waals surface area contributed by atoms with Gasteiger partial charge in [-0.15, -0.1) is 6.58 Å². The zero-order valence-corrected chi connectivity index (χ0v) is 19.9. The lowest BCUT2D eigenvalue weighted by molar-refractivity contribution is 0.0570. The SMILES string of the molecule is C=CCN(c1ccc(Cl)cc1)S(=O)(=O)c1cccc(C(=O)N2CCN(C(=O)OCC)CC2)c1. The van der Waals surface area contributed by atoms with Crippen molar-refractivity contribution in [3.8, 4) is 0 Å². The Labute approximate surface area is 199 Å². The number of amides is 2. The van der Waals surface area contributed by atoms with Gasteiger partial charge in [0.25, 0.3) is 15.9 Å². The summed E-state index contributed by atoms with van der Waals surface area (Å²) in [6, 6.07) is 12.4. The lowest BCUT2D eigenvalue weighted by atomic mass is 10.2. The Balaban J connectivity index is 1.80. The van der Waals surface area contributed by atoms with Gasteiger partial charge in [0.2, 0.25) is 0 Å². The van der Waals surface area contributed by atoms with E-state index in [2.05, 4.69) is 6.58 Å². The molecule has 0 spiro atoms. The number of benzene rings is 2. The maximum atomic E-state index is 13.4. The largest absolute Gasteiger partial charge is 0.450 e. The van der Waals surface area contributed by atoms with E-state index in [9.17, 15) is 18.0 Å². The van der Waals surface area contributed by atoms with Crippen molar-refractivity contribution in [1.82, 2.24) is 9.80 Å². The van der Waals surface area contributed by atoms with E-state index < -0.39 is 16.1 Å². The van der Waals surface area contributed by atoms with Crippen molar-refractivity contribution in [1.29, 1.82) is 0 Å². The zero-order chi connectivity index (χ0) is 24.0. The van der Waals surface area contributed by atoms with Crippen LogP contribution < -0.4 is 4.31 Å². The summed E-state index contributed by atoms with van der Waals surface area (Å²) in [5.74, 6) is -0.294. The number of carbonyl (C=O) groups is 2. The average Bonchev–Trinajstić information content (AvgIpc) is 2.83. The molecule has 1 fully saturated rings. The van der Waals surface area contributed by atoms with E-state index in [1.807, 2.05) is 0 Å². The third kappa shape index (κ3) is 5.66. The third-order valence-electron chi connectivity index (χ3n) is 5.17. The molecule has 0 aliphatic carbocycles. The number of rotatable bonds is 7. The number of anilines is 1. The standard InChI is InChI=1S/C23H26ClN3O5S/c1-3-12-27(20-10-8-19(24)9-11-20)33(30,31)21-7-5-6-18(17-21)22(28)25-13-15-26(16-14-25)23(29)32-4-2/h3,5-11,17H,1,4,12-16H2,2H3.